The minimum absolute atomic E-state index is 0.283. The first-order valence-electron chi connectivity index (χ1n) is 13.8. The normalized spacial score (nSPS) is 13.3. The molecule has 2 amide bonds. The number of nitrogens with zero attached hydrogens (tertiary/aromatic N) is 1. The summed E-state index contributed by atoms with van der Waals surface area (Å²) in [5.74, 6) is 1.01. The number of carbonyl (C=O) groups excluding carboxylic acids is 2. The highest BCUT2D eigenvalue weighted by atomic mass is 16.5. The van der Waals surface area contributed by atoms with Gasteiger partial charge < -0.3 is 4.74 Å². The average molecular weight is 532 g/mol. The van der Waals surface area contributed by atoms with Gasteiger partial charge in [-0.3, -0.25) is 9.59 Å². The lowest BCUT2D eigenvalue weighted by atomic mass is 9.84. The number of imide groups is 1. The Morgan fingerprint density at radius 3 is 1.71 bits per heavy atom. The smallest absolute Gasteiger partial charge is 0.266 e. The molecule has 0 bridgehead atoms. The van der Waals surface area contributed by atoms with Crippen molar-refractivity contribution >= 4 is 60.6 Å². The number of aryl methyl sites for hydroxylation is 3. The molecule has 0 saturated heterocycles. The average Bonchev–Trinajstić information content (AvgIpc) is 2.98. The first kappa shape index (κ1) is 23.6. The van der Waals surface area contributed by atoms with Crippen molar-refractivity contribution in [3.63, 3.8) is 0 Å². The molecule has 0 saturated carbocycles. The number of para-hydroxylation sites is 1. The van der Waals surface area contributed by atoms with Crippen molar-refractivity contribution in [3.05, 3.63) is 125 Å². The van der Waals surface area contributed by atoms with E-state index in [4.69, 9.17) is 4.74 Å². The van der Waals surface area contributed by atoms with Gasteiger partial charge >= 0.3 is 0 Å². The summed E-state index contributed by atoms with van der Waals surface area (Å²) >= 11 is 0. The van der Waals surface area contributed by atoms with Gasteiger partial charge in [-0.25, -0.2) is 4.90 Å². The monoisotopic (exact) mass is 531 g/mol. The van der Waals surface area contributed by atoms with Crippen LogP contribution in [-0.2, 0) is 0 Å². The predicted molar refractivity (Wildman–Crippen MR) is 166 cm³/mol. The molecule has 0 spiro atoms. The Hall–Kier alpha value is -5.22. The highest BCUT2D eigenvalue weighted by Gasteiger charge is 2.36. The number of anilines is 1. The van der Waals surface area contributed by atoms with Crippen LogP contribution in [0.4, 0.5) is 5.69 Å². The van der Waals surface area contributed by atoms with E-state index in [1.165, 1.54) is 10.5 Å². The second kappa shape index (κ2) is 8.39. The molecule has 4 nitrogen and oxygen atoms in total. The van der Waals surface area contributed by atoms with E-state index in [1.807, 2.05) is 92.7 Å². The molecule has 0 N–H and O–H groups in total. The van der Waals surface area contributed by atoms with Crippen LogP contribution in [0.2, 0.25) is 0 Å². The molecule has 196 valence electrons. The second-order valence-electron chi connectivity index (χ2n) is 11.0. The predicted octanol–water partition coefficient (Wildman–Crippen LogP) is 9.26. The Morgan fingerprint density at radius 1 is 0.512 bits per heavy atom. The van der Waals surface area contributed by atoms with Gasteiger partial charge in [-0.05, 0) is 95.2 Å². The SMILES string of the molecule is Cc1ccc(Oc2ccc3c4ccc5c6c(ccc(c7cccc2c73)c64)C(=O)N(c2c(C)cccc2C)C5=O)cc1. The molecule has 7 aromatic carbocycles. The van der Waals surface area contributed by atoms with Gasteiger partial charge in [-0.1, -0.05) is 66.2 Å². The number of benzene rings is 7. The molecule has 0 unspecified atom stereocenters. The Balaban J connectivity index is 1.39. The van der Waals surface area contributed by atoms with Gasteiger partial charge in [0.15, 0.2) is 0 Å². The van der Waals surface area contributed by atoms with Crippen LogP contribution in [0.15, 0.2) is 97.1 Å². The maximum atomic E-state index is 14.0. The molecule has 0 aromatic heterocycles. The van der Waals surface area contributed by atoms with Crippen molar-refractivity contribution in [3.8, 4) is 11.5 Å². The zero-order chi connectivity index (χ0) is 28.0. The molecule has 1 aliphatic rings. The standard InChI is InChI=1S/C37H25NO3/c1-20-10-12-23(13-11-20)41-31-19-18-25-27-15-17-30-34-29(16-14-26(33(27)34)24-8-5-9-28(31)32(24)25)36(39)38(37(30)40)35-21(2)6-4-7-22(35)3/h4-19H,1-3H3. The van der Waals surface area contributed by atoms with Crippen LogP contribution >= 0.6 is 0 Å². The fourth-order valence-corrected chi connectivity index (χ4v) is 6.65. The minimum atomic E-state index is -0.283. The lowest BCUT2D eigenvalue weighted by Crippen LogP contribution is -2.41. The van der Waals surface area contributed by atoms with Crippen LogP contribution in [0.5, 0.6) is 11.5 Å². The summed E-state index contributed by atoms with van der Waals surface area (Å²) in [4.78, 5) is 29.4. The van der Waals surface area contributed by atoms with E-state index in [0.29, 0.717) is 16.8 Å². The molecular formula is C37H25NO3. The maximum absolute atomic E-state index is 14.0. The fraction of sp³-hybridized carbons (Fsp3) is 0.0811. The summed E-state index contributed by atoms with van der Waals surface area (Å²) in [7, 11) is 0. The summed E-state index contributed by atoms with van der Waals surface area (Å²) in [6.07, 6.45) is 0. The van der Waals surface area contributed by atoms with E-state index >= 15 is 0 Å². The van der Waals surface area contributed by atoms with E-state index in [0.717, 1.165) is 65.7 Å². The van der Waals surface area contributed by atoms with Crippen LogP contribution in [0.3, 0.4) is 0 Å². The number of rotatable bonds is 3. The van der Waals surface area contributed by atoms with Crippen molar-refractivity contribution in [2.45, 2.75) is 20.8 Å². The van der Waals surface area contributed by atoms with Crippen LogP contribution in [0.1, 0.15) is 37.4 Å². The van der Waals surface area contributed by atoms with Crippen molar-refractivity contribution in [1.29, 1.82) is 0 Å². The Kier molecular flexibility index (Phi) is 4.84. The van der Waals surface area contributed by atoms with Crippen LogP contribution in [0, 0.1) is 20.8 Å². The van der Waals surface area contributed by atoms with Crippen molar-refractivity contribution in [1.82, 2.24) is 0 Å². The van der Waals surface area contributed by atoms with Gasteiger partial charge in [-0.2, -0.15) is 0 Å². The van der Waals surface area contributed by atoms with Crippen LogP contribution < -0.4 is 9.64 Å². The molecule has 41 heavy (non-hydrogen) atoms. The van der Waals surface area contributed by atoms with E-state index in [1.54, 1.807) is 0 Å². The van der Waals surface area contributed by atoms with Gasteiger partial charge in [0, 0.05) is 27.3 Å². The maximum Gasteiger partial charge on any atom is 0.266 e. The largest absolute Gasteiger partial charge is 0.457 e. The molecular weight excluding hydrogens is 506 g/mol. The van der Waals surface area contributed by atoms with Gasteiger partial charge in [0.1, 0.15) is 11.5 Å². The Morgan fingerprint density at radius 2 is 1.05 bits per heavy atom. The van der Waals surface area contributed by atoms with Crippen molar-refractivity contribution in [2.75, 3.05) is 4.90 Å². The number of ether oxygens (including phenoxy) is 1. The van der Waals surface area contributed by atoms with E-state index in [9.17, 15) is 9.59 Å². The number of carbonyl (C=O) groups is 2. The highest BCUT2D eigenvalue weighted by Crippen LogP contribution is 2.46. The third-order valence-corrected chi connectivity index (χ3v) is 8.52. The summed E-state index contributed by atoms with van der Waals surface area (Å²) in [6, 6.07) is 32.1. The summed E-state index contributed by atoms with van der Waals surface area (Å²) in [6.45, 7) is 5.93. The number of amides is 2. The minimum Gasteiger partial charge on any atom is -0.457 e. The highest BCUT2D eigenvalue weighted by molar-refractivity contribution is 6.42. The van der Waals surface area contributed by atoms with Gasteiger partial charge in [0.2, 0.25) is 0 Å². The first-order chi connectivity index (χ1) is 19.9. The molecule has 8 rings (SSSR count). The molecule has 0 radical (unpaired) electrons. The van der Waals surface area contributed by atoms with E-state index in [2.05, 4.69) is 25.1 Å². The van der Waals surface area contributed by atoms with E-state index in [-0.39, 0.29) is 11.8 Å². The molecule has 0 aliphatic carbocycles. The number of fused-ring (bicyclic) bond motifs is 2. The lowest BCUT2D eigenvalue weighted by Gasteiger charge is -2.30. The Bertz CT molecular complexity index is 2150. The van der Waals surface area contributed by atoms with Gasteiger partial charge in [-0.15, -0.1) is 0 Å². The molecule has 0 atom stereocenters. The quantitative estimate of drug-likeness (QED) is 0.130. The molecule has 4 heteroatoms. The lowest BCUT2D eigenvalue weighted by molar-refractivity contribution is 0.0893. The van der Waals surface area contributed by atoms with Gasteiger partial charge in [0.25, 0.3) is 11.8 Å². The number of hydrogen-bond donors (Lipinski definition) is 0. The second-order valence-corrected chi connectivity index (χ2v) is 11.0. The molecule has 0 fully saturated rings. The zero-order valence-electron chi connectivity index (χ0n) is 22.9. The van der Waals surface area contributed by atoms with Crippen LogP contribution in [0.25, 0.3) is 43.1 Å². The summed E-state index contributed by atoms with van der Waals surface area (Å²) in [5, 5.41) is 8.00. The van der Waals surface area contributed by atoms with Crippen molar-refractivity contribution < 1.29 is 14.3 Å². The van der Waals surface area contributed by atoms with Crippen molar-refractivity contribution in [2.24, 2.45) is 0 Å². The third-order valence-electron chi connectivity index (χ3n) is 8.52. The van der Waals surface area contributed by atoms with E-state index < -0.39 is 0 Å². The first-order valence-corrected chi connectivity index (χ1v) is 13.8. The number of hydrogen-bond acceptors (Lipinski definition) is 3. The molecule has 1 heterocycles. The molecule has 1 aliphatic heterocycles. The van der Waals surface area contributed by atoms with Gasteiger partial charge in [0.05, 0.1) is 5.69 Å². The van der Waals surface area contributed by atoms with Crippen LogP contribution in [-0.4, -0.2) is 11.8 Å². The Labute approximate surface area is 236 Å². The topological polar surface area (TPSA) is 46.6 Å². The summed E-state index contributed by atoms with van der Waals surface area (Å²) < 4.78 is 6.36. The molecule has 7 aromatic rings. The zero-order valence-corrected chi connectivity index (χ0v) is 22.9. The fourth-order valence-electron chi connectivity index (χ4n) is 6.65. The summed E-state index contributed by atoms with van der Waals surface area (Å²) in [5.41, 5.74) is 4.74. The third kappa shape index (κ3) is 3.22.